The normalized spacial score (nSPS) is 12.8. The summed E-state index contributed by atoms with van der Waals surface area (Å²) < 4.78 is 5.19. The second-order valence-corrected chi connectivity index (χ2v) is 4.50. The molecular weight excluding hydrogens is 214 g/mol. The Bertz CT molecular complexity index is 328. The molecule has 0 aliphatic carbocycles. The first-order valence-electron chi connectivity index (χ1n) is 6.06. The SMILES string of the molecule is COC(C)CNc1ccnc(CNC(C)C)c1. The van der Waals surface area contributed by atoms with Gasteiger partial charge in [0.25, 0.3) is 0 Å². The van der Waals surface area contributed by atoms with Crippen LogP contribution in [0.15, 0.2) is 18.3 Å². The van der Waals surface area contributed by atoms with Gasteiger partial charge in [-0.05, 0) is 19.1 Å². The molecule has 1 aromatic rings. The number of hydrogen-bond donors (Lipinski definition) is 2. The van der Waals surface area contributed by atoms with Crippen molar-refractivity contribution in [3.8, 4) is 0 Å². The van der Waals surface area contributed by atoms with Gasteiger partial charge in [0.2, 0.25) is 0 Å². The van der Waals surface area contributed by atoms with Gasteiger partial charge in [0.15, 0.2) is 0 Å². The average Bonchev–Trinajstić information content (AvgIpc) is 2.34. The topological polar surface area (TPSA) is 46.2 Å². The summed E-state index contributed by atoms with van der Waals surface area (Å²) in [4.78, 5) is 4.32. The minimum atomic E-state index is 0.209. The van der Waals surface area contributed by atoms with E-state index in [1.165, 1.54) is 0 Å². The van der Waals surface area contributed by atoms with E-state index in [9.17, 15) is 0 Å². The second-order valence-electron chi connectivity index (χ2n) is 4.50. The molecule has 2 N–H and O–H groups in total. The molecule has 4 nitrogen and oxygen atoms in total. The highest BCUT2D eigenvalue weighted by molar-refractivity contribution is 5.43. The van der Waals surface area contributed by atoms with E-state index in [0.29, 0.717) is 6.04 Å². The predicted molar refractivity (Wildman–Crippen MR) is 71.2 cm³/mol. The quantitative estimate of drug-likeness (QED) is 0.761. The number of methoxy groups -OCH3 is 1. The Kier molecular flexibility index (Phi) is 5.94. The van der Waals surface area contributed by atoms with Crippen molar-refractivity contribution in [3.63, 3.8) is 0 Å². The van der Waals surface area contributed by atoms with Crippen LogP contribution in [0.25, 0.3) is 0 Å². The molecule has 0 amide bonds. The van der Waals surface area contributed by atoms with Crippen LogP contribution in [0, 0.1) is 0 Å². The molecule has 0 aliphatic rings. The van der Waals surface area contributed by atoms with Crippen LogP contribution in [-0.4, -0.2) is 30.8 Å². The monoisotopic (exact) mass is 237 g/mol. The van der Waals surface area contributed by atoms with Gasteiger partial charge in [-0.15, -0.1) is 0 Å². The third kappa shape index (κ3) is 5.65. The Balaban J connectivity index is 2.47. The zero-order chi connectivity index (χ0) is 12.7. The molecule has 1 rings (SSSR count). The lowest BCUT2D eigenvalue weighted by molar-refractivity contribution is 0.129. The highest BCUT2D eigenvalue weighted by Crippen LogP contribution is 2.08. The summed E-state index contributed by atoms with van der Waals surface area (Å²) in [5.41, 5.74) is 2.14. The highest BCUT2D eigenvalue weighted by Gasteiger charge is 2.01. The van der Waals surface area contributed by atoms with Crippen LogP contribution in [0.1, 0.15) is 26.5 Å². The molecule has 0 saturated carbocycles. The number of anilines is 1. The molecule has 0 spiro atoms. The highest BCUT2D eigenvalue weighted by atomic mass is 16.5. The summed E-state index contributed by atoms with van der Waals surface area (Å²) in [5.74, 6) is 0. The van der Waals surface area contributed by atoms with Crippen molar-refractivity contribution in [2.75, 3.05) is 19.0 Å². The summed E-state index contributed by atoms with van der Waals surface area (Å²) in [6.07, 6.45) is 2.04. The fourth-order valence-corrected chi connectivity index (χ4v) is 1.34. The van der Waals surface area contributed by atoms with Crippen molar-refractivity contribution >= 4 is 5.69 Å². The van der Waals surface area contributed by atoms with E-state index < -0.39 is 0 Å². The van der Waals surface area contributed by atoms with Gasteiger partial charge in [0.1, 0.15) is 0 Å². The van der Waals surface area contributed by atoms with Gasteiger partial charge in [0.05, 0.1) is 11.8 Å². The number of pyridine rings is 1. The molecule has 0 aliphatic heterocycles. The smallest absolute Gasteiger partial charge is 0.0715 e. The zero-order valence-electron chi connectivity index (χ0n) is 11.2. The fourth-order valence-electron chi connectivity index (χ4n) is 1.34. The number of rotatable bonds is 7. The van der Waals surface area contributed by atoms with Crippen LogP contribution < -0.4 is 10.6 Å². The average molecular weight is 237 g/mol. The van der Waals surface area contributed by atoms with Crippen LogP contribution in [0.4, 0.5) is 5.69 Å². The maximum atomic E-state index is 5.19. The summed E-state index contributed by atoms with van der Waals surface area (Å²) >= 11 is 0. The van der Waals surface area contributed by atoms with Gasteiger partial charge in [-0.2, -0.15) is 0 Å². The molecule has 0 saturated heterocycles. The van der Waals surface area contributed by atoms with Gasteiger partial charge in [0, 0.05) is 38.1 Å². The lowest BCUT2D eigenvalue weighted by Crippen LogP contribution is -2.22. The molecule has 17 heavy (non-hydrogen) atoms. The number of nitrogens with one attached hydrogen (secondary N) is 2. The van der Waals surface area contributed by atoms with Crippen LogP contribution in [0.3, 0.4) is 0 Å². The standard InChI is InChI=1S/C13H23N3O/c1-10(2)15-9-13-7-12(5-6-14-13)16-8-11(3)17-4/h5-7,10-11,15H,8-9H2,1-4H3,(H,14,16). The molecule has 1 unspecified atom stereocenters. The van der Waals surface area contributed by atoms with Crippen molar-refractivity contribution in [3.05, 3.63) is 24.0 Å². The Morgan fingerprint density at radius 2 is 2.12 bits per heavy atom. The maximum absolute atomic E-state index is 5.19. The Labute approximate surface area is 104 Å². The van der Waals surface area contributed by atoms with Gasteiger partial charge >= 0.3 is 0 Å². The van der Waals surface area contributed by atoms with Crippen LogP contribution in [-0.2, 0) is 11.3 Å². The molecule has 0 radical (unpaired) electrons. The van der Waals surface area contributed by atoms with Crippen LogP contribution >= 0.6 is 0 Å². The lowest BCUT2D eigenvalue weighted by Gasteiger charge is -2.13. The largest absolute Gasteiger partial charge is 0.382 e. The van der Waals surface area contributed by atoms with Crippen molar-refractivity contribution in [1.82, 2.24) is 10.3 Å². The molecule has 1 atom stereocenters. The fraction of sp³-hybridized carbons (Fsp3) is 0.615. The Morgan fingerprint density at radius 1 is 1.35 bits per heavy atom. The lowest BCUT2D eigenvalue weighted by atomic mass is 10.3. The molecule has 96 valence electrons. The van der Waals surface area contributed by atoms with Crippen molar-refractivity contribution in [2.45, 2.75) is 39.5 Å². The van der Waals surface area contributed by atoms with Crippen molar-refractivity contribution in [1.29, 1.82) is 0 Å². The minimum absolute atomic E-state index is 0.209. The molecule has 1 aromatic heterocycles. The Hall–Kier alpha value is -1.13. The third-order valence-electron chi connectivity index (χ3n) is 2.50. The minimum Gasteiger partial charge on any atom is -0.382 e. The number of nitrogens with zero attached hydrogens (tertiary/aromatic N) is 1. The third-order valence-corrected chi connectivity index (χ3v) is 2.50. The van der Waals surface area contributed by atoms with Gasteiger partial charge < -0.3 is 15.4 Å². The van der Waals surface area contributed by atoms with Crippen LogP contribution in [0.5, 0.6) is 0 Å². The van der Waals surface area contributed by atoms with Crippen LogP contribution in [0.2, 0.25) is 0 Å². The van der Waals surface area contributed by atoms with E-state index in [4.69, 9.17) is 4.74 Å². The number of hydrogen-bond acceptors (Lipinski definition) is 4. The molecule has 0 fully saturated rings. The summed E-state index contributed by atoms with van der Waals surface area (Å²) in [7, 11) is 1.72. The first kappa shape index (κ1) is 13.9. The Morgan fingerprint density at radius 3 is 2.76 bits per heavy atom. The summed E-state index contributed by atoms with van der Waals surface area (Å²) in [6, 6.07) is 4.51. The van der Waals surface area contributed by atoms with Crippen molar-refractivity contribution < 1.29 is 4.74 Å². The number of ether oxygens (including phenoxy) is 1. The first-order valence-corrected chi connectivity index (χ1v) is 6.06. The van der Waals surface area contributed by atoms with Gasteiger partial charge in [-0.1, -0.05) is 13.8 Å². The van der Waals surface area contributed by atoms with Gasteiger partial charge in [-0.25, -0.2) is 0 Å². The van der Waals surface area contributed by atoms with Crippen molar-refractivity contribution in [2.24, 2.45) is 0 Å². The van der Waals surface area contributed by atoms with E-state index in [1.54, 1.807) is 7.11 Å². The maximum Gasteiger partial charge on any atom is 0.0715 e. The second kappa shape index (κ2) is 7.25. The zero-order valence-corrected chi connectivity index (χ0v) is 11.2. The number of aromatic nitrogens is 1. The van der Waals surface area contributed by atoms with E-state index in [0.717, 1.165) is 24.5 Å². The van der Waals surface area contributed by atoms with E-state index in [1.807, 2.05) is 19.2 Å². The first-order chi connectivity index (χ1) is 8.11. The molecule has 4 heteroatoms. The predicted octanol–water partition coefficient (Wildman–Crippen LogP) is 2.03. The van der Waals surface area contributed by atoms with E-state index in [-0.39, 0.29) is 6.10 Å². The molecular formula is C13H23N3O. The summed E-state index contributed by atoms with van der Waals surface area (Å²) in [6.45, 7) is 7.89. The molecule has 1 heterocycles. The summed E-state index contributed by atoms with van der Waals surface area (Å²) in [5, 5.41) is 6.68. The van der Waals surface area contributed by atoms with Gasteiger partial charge in [-0.3, -0.25) is 4.98 Å². The molecule has 0 bridgehead atoms. The van der Waals surface area contributed by atoms with E-state index >= 15 is 0 Å². The molecule has 0 aromatic carbocycles. The van der Waals surface area contributed by atoms with E-state index in [2.05, 4.69) is 35.5 Å².